The molecule has 2 fully saturated rings. The van der Waals surface area contributed by atoms with E-state index >= 15 is 14.4 Å². The van der Waals surface area contributed by atoms with Gasteiger partial charge in [-0.15, -0.1) is 5.10 Å². The van der Waals surface area contributed by atoms with Crippen LogP contribution in [0.25, 0.3) is 11.0 Å². The molecule has 3 amide bonds. The fourth-order valence-corrected chi connectivity index (χ4v) is 10.2. The number of aliphatic hydroxyl groups excluding tert-OH is 1. The molecule has 0 radical (unpaired) electrons. The number of methoxy groups -OCH3 is 1. The molecule has 0 bridgehead atoms. The number of rotatable bonds is 11. The summed E-state index contributed by atoms with van der Waals surface area (Å²) in [5.74, 6) is 2.31. The molecule has 1 aromatic heterocycles. The minimum absolute atomic E-state index is 0.0353. The molecule has 10 rings (SSSR count). The summed E-state index contributed by atoms with van der Waals surface area (Å²) in [5, 5.41) is 33.6. The summed E-state index contributed by atoms with van der Waals surface area (Å²) in [4.78, 5) is 64.6. The third-order valence-corrected chi connectivity index (χ3v) is 13.2. The third kappa shape index (κ3) is 7.93. The van der Waals surface area contributed by atoms with Gasteiger partial charge in [0, 0.05) is 19.2 Å². The number of imide groups is 1. The Labute approximate surface area is 396 Å². The van der Waals surface area contributed by atoms with Gasteiger partial charge < -0.3 is 29.7 Å². The molecule has 3 aliphatic heterocycles. The number of hydrogen-bond donors (Lipinski definition) is 3. The van der Waals surface area contributed by atoms with E-state index in [4.69, 9.17) is 14.2 Å². The number of para-hydroxylation sites is 1. The van der Waals surface area contributed by atoms with Gasteiger partial charge in [0.2, 0.25) is 11.8 Å². The molecule has 1 spiro atoms. The van der Waals surface area contributed by atoms with Gasteiger partial charge in [-0.2, -0.15) is 0 Å². The van der Waals surface area contributed by atoms with Crippen molar-refractivity contribution in [3.63, 3.8) is 0 Å². The van der Waals surface area contributed by atoms with Crippen molar-refractivity contribution in [2.24, 2.45) is 5.92 Å². The number of aliphatic hydroxyl groups is 1. The first-order valence-corrected chi connectivity index (χ1v) is 22.5. The van der Waals surface area contributed by atoms with Crippen molar-refractivity contribution in [3.8, 4) is 17.6 Å². The van der Waals surface area contributed by atoms with E-state index in [1.165, 1.54) is 19.2 Å². The highest BCUT2D eigenvalue weighted by atomic mass is 16.6. The molecule has 6 aromatic carbocycles. The molecular formula is C54H46N6O9. The average Bonchev–Trinajstić information content (AvgIpc) is 4.02. The number of amides is 3. The van der Waals surface area contributed by atoms with E-state index in [1.807, 2.05) is 89.8 Å². The van der Waals surface area contributed by atoms with Gasteiger partial charge in [-0.1, -0.05) is 132 Å². The lowest BCUT2D eigenvalue weighted by atomic mass is 9.65. The van der Waals surface area contributed by atoms with Crippen molar-refractivity contribution < 1.29 is 43.6 Å². The zero-order chi connectivity index (χ0) is 47.6. The molecular weight excluding hydrogens is 877 g/mol. The molecule has 4 heterocycles. The first-order chi connectivity index (χ1) is 33.7. The van der Waals surface area contributed by atoms with E-state index < -0.39 is 65.5 Å². The number of carbonyl (C=O) groups excluding carboxylic acids is 4. The maximum absolute atomic E-state index is 16.3. The van der Waals surface area contributed by atoms with Crippen LogP contribution in [0.15, 0.2) is 158 Å². The minimum atomic E-state index is -2.11. The van der Waals surface area contributed by atoms with Crippen molar-refractivity contribution in [1.82, 2.24) is 25.2 Å². The van der Waals surface area contributed by atoms with Gasteiger partial charge in [0.1, 0.15) is 42.0 Å². The number of aromatic hydroxyl groups is 1. The number of hydrogen-bond acceptors (Lipinski definition) is 12. The zero-order valence-electron chi connectivity index (χ0n) is 37.3. The molecule has 15 nitrogen and oxygen atoms in total. The summed E-state index contributed by atoms with van der Waals surface area (Å²) in [7, 11) is 1.45. The lowest BCUT2D eigenvalue weighted by Gasteiger charge is -2.46. The molecule has 7 aromatic rings. The van der Waals surface area contributed by atoms with Gasteiger partial charge in [-0.25, -0.2) is 14.4 Å². The summed E-state index contributed by atoms with van der Waals surface area (Å²) >= 11 is 0. The molecule has 15 heteroatoms. The molecule has 3 N–H and O–H groups in total. The molecule has 2 saturated heterocycles. The standard InChI is InChI=1S/C54H46N6O9/c1-67-30-31-68-53(66)59-42-28-23-34(14-13-29-58-43-22-12-11-21-41(43)56-57-58)32-40(42)54(52(59)65)45(50(63)55-33-44(62)35-15-5-2-6-16-35)47-51(64)69-48(37-19-9-4-10-20-37)46(36-17-7-3-8-18-36)60(47)49(54)38-24-26-39(61)27-25-38/h2-12,15-28,32,44-49,61-62H,29-31,33H2,1H3,(H,55,63)/t44-,45+,46+,47+,48-,49-,54+/m0/s1. The summed E-state index contributed by atoms with van der Waals surface area (Å²) in [5.41, 5.74) is 2.49. The molecule has 7 atom stereocenters. The fourth-order valence-electron chi connectivity index (χ4n) is 10.2. The maximum Gasteiger partial charge on any atom is 0.421 e. The van der Waals surface area contributed by atoms with Gasteiger partial charge >= 0.3 is 12.1 Å². The van der Waals surface area contributed by atoms with Crippen LogP contribution in [0.4, 0.5) is 10.5 Å². The number of phenolic OH excluding ortho intramolecular Hbond substituents is 1. The quantitative estimate of drug-likeness (QED) is 0.0730. The zero-order valence-corrected chi connectivity index (χ0v) is 37.3. The Hall–Kier alpha value is -8.16. The highest BCUT2D eigenvalue weighted by Gasteiger charge is 2.75. The topological polar surface area (TPSA) is 186 Å². The van der Waals surface area contributed by atoms with Crippen LogP contribution in [-0.2, 0) is 40.6 Å². The Morgan fingerprint density at radius 2 is 1.49 bits per heavy atom. The molecule has 3 aliphatic rings. The number of cyclic esters (lactones) is 1. The van der Waals surface area contributed by atoms with Crippen LogP contribution in [0.1, 0.15) is 57.7 Å². The van der Waals surface area contributed by atoms with Gasteiger partial charge in [0.25, 0.3) is 0 Å². The predicted octanol–water partition coefficient (Wildman–Crippen LogP) is 6.49. The highest BCUT2D eigenvalue weighted by Crippen LogP contribution is 2.66. The first-order valence-electron chi connectivity index (χ1n) is 22.5. The van der Waals surface area contributed by atoms with E-state index in [0.717, 1.165) is 10.4 Å². The number of ether oxygens (including phenoxy) is 3. The first kappa shape index (κ1) is 44.7. The van der Waals surface area contributed by atoms with Gasteiger partial charge in [0.15, 0.2) is 0 Å². The SMILES string of the molecule is COCCOC(=O)N1C(=O)[C@@]2(c3cc(C#CCn4nnc5ccccc54)ccc31)[C@H](c1ccc(O)cc1)N1[C@H](c3ccccc3)[C@H](c3ccccc3)OC(=O)[C@H]1[C@@H]2C(=O)NC[C@H](O)c1ccccc1. The van der Waals surface area contributed by atoms with Crippen LogP contribution in [0.2, 0.25) is 0 Å². The largest absolute Gasteiger partial charge is 0.508 e. The third-order valence-electron chi connectivity index (χ3n) is 13.2. The number of anilines is 1. The number of fused-ring (bicyclic) bond motifs is 4. The Morgan fingerprint density at radius 3 is 2.22 bits per heavy atom. The molecule has 69 heavy (non-hydrogen) atoms. The minimum Gasteiger partial charge on any atom is -0.508 e. The van der Waals surface area contributed by atoms with Crippen molar-refractivity contribution in [1.29, 1.82) is 0 Å². The van der Waals surface area contributed by atoms with Gasteiger partial charge in [-0.3, -0.25) is 19.3 Å². The maximum atomic E-state index is 16.3. The van der Waals surface area contributed by atoms with Crippen molar-refractivity contribution in [2.75, 3.05) is 31.8 Å². The van der Waals surface area contributed by atoms with E-state index in [2.05, 4.69) is 27.5 Å². The van der Waals surface area contributed by atoms with Crippen LogP contribution < -0.4 is 10.2 Å². The Morgan fingerprint density at radius 1 is 0.812 bits per heavy atom. The fraction of sp³-hybridized carbons (Fsp3) is 0.222. The Kier molecular flexibility index (Phi) is 12.2. The second-order valence-corrected chi connectivity index (χ2v) is 17.0. The number of carbonyl (C=O) groups is 4. The van der Waals surface area contributed by atoms with E-state index in [-0.39, 0.29) is 43.3 Å². The van der Waals surface area contributed by atoms with Crippen molar-refractivity contribution >= 4 is 40.6 Å². The Bertz CT molecular complexity index is 3100. The van der Waals surface area contributed by atoms with Crippen molar-refractivity contribution in [3.05, 3.63) is 191 Å². The van der Waals surface area contributed by atoms with Gasteiger partial charge in [0.05, 0.1) is 41.9 Å². The smallest absolute Gasteiger partial charge is 0.421 e. The van der Waals surface area contributed by atoms with E-state index in [1.54, 1.807) is 65.3 Å². The van der Waals surface area contributed by atoms with Crippen LogP contribution in [0.5, 0.6) is 5.75 Å². The van der Waals surface area contributed by atoms with Crippen molar-refractivity contribution in [2.45, 2.75) is 42.3 Å². The van der Waals surface area contributed by atoms with Crippen LogP contribution >= 0.6 is 0 Å². The van der Waals surface area contributed by atoms with E-state index in [0.29, 0.717) is 33.3 Å². The molecule has 0 aliphatic carbocycles. The van der Waals surface area contributed by atoms with E-state index in [9.17, 15) is 15.0 Å². The summed E-state index contributed by atoms with van der Waals surface area (Å²) in [6.07, 6.45) is -3.14. The number of esters is 1. The number of aromatic nitrogens is 3. The number of phenols is 1. The number of benzene rings is 6. The monoisotopic (exact) mass is 922 g/mol. The molecule has 346 valence electrons. The molecule has 0 saturated carbocycles. The van der Waals surface area contributed by atoms with Gasteiger partial charge in [-0.05, 0) is 70.3 Å². The lowest BCUT2D eigenvalue weighted by Crippen LogP contribution is -2.56. The normalized spacial score (nSPS) is 22.1. The van der Waals surface area contributed by atoms with Crippen LogP contribution in [0, 0.1) is 17.8 Å². The number of nitrogens with zero attached hydrogens (tertiary/aromatic N) is 5. The van der Waals surface area contributed by atoms with Crippen LogP contribution in [0.3, 0.4) is 0 Å². The summed E-state index contributed by atoms with van der Waals surface area (Å²) in [6, 6.07) is 42.6. The second-order valence-electron chi connectivity index (χ2n) is 17.0. The predicted molar refractivity (Wildman–Crippen MR) is 252 cm³/mol. The Balaban J connectivity index is 1.21. The average molecular weight is 923 g/mol. The number of morpholine rings is 1. The highest BCUT2D eigenvalue weighted by molar-refractivity contribution is 6.23. The summed E-state index contributed by atoms with van der Waals surface area (Å²) < 4.78 is 19.0. The number of nitrogens with one attached hydrogen (secondary N) is 1. The lowest BCUT2D eigenvalue weighted by molar-refractivity contribution is -0.178. The summed E-state index contributed by atoms with van der Waals surface area (Å²) in [6.45, 7) is -0.290. The van der Waals surface area contributed by atoms with Crippen LogP contribution in [-0.4, -0.2) is 86.9 Å². The molecule has 0 unspecified atom stereocenters. The second kappa shape index (κ2) is 18.8.